The molecule has 0 saturated carbocycles. The first-order valence-electron chi connectivity index (χ1n) is 19.8. The fraction of sp³-hybridized carbons (Fsp3) is 0. The molecule has 9 aromatic carbocycles. The quantitative estimate of drug-likeness (QED) is 0.175. The highest BCUT2D eigenvalue weighted by atomic mass is 32.2. The topological polar surface area (TPSA) is 14.8 Å². The Balaban J connectivity index is 0.934. The molecule has 0 amide bonds. The number of benzene rings is 9. The zero-order valence-electron chi connectivity index (χ0n) is 31.3. The van der Waals surface area contributed by atoms with Crippen molar-refractivity contribution >= 4 is 77.2 Å². The smallest absolute Gasteiger partial charge is 0.0681 e. The minimum Gasteiger partial charge on any atom is -0.309 e. The van der Waals surface area contributed by atoms with Gasteiger partial charge in [-0.2, -0.15) is 0 Å². The summed E-state index contributed by atoms with van der Waals surface area (Å²) in [5, 5.41) is 7.63. The SMILES string of the molecule is c1ccc(-n2c3ccccc3c3cc(-c4ccc5c(c4)c4ccccc4n5-c4ccc(-c5cccc6c5-n5c7ccccc7c7cccc(c75)S6)cc4)ccc32)cc1. The van der Waals surface area contributed by atoms with E-state index in [9.17, 15) is 0 Å². The van der Waals surface area contributed by atoms with Gasteiger partial charge in [0, 0.05) is 59.0 Å². The molecular formula is C54H33N3S. The molecule has 13 rings (SSSR count). The van der Waals surface area contributed by atoms with E-state index in [2.05, 4.69) is 214 Å². The maximum Gasteiger partial charge on any atom is 0.0681 e. The van der Waals surface area contributed by atoms with Crippen molar-refractivity contribution < 1.29 is 0 Å². The van der Waals surface area contributed by atoms with Gasteiger partial charge < -0.3 is 13.7 Å². The number of hydrogen-bond acceptors (Lipinski definition) is 1. The van der Waals surface area contributed by atoms with E-state index in [0.717, 1.165) is 5.69 Å². The number of aromatic nitrogens is 3. The summed E-state index contributed by atoms with van der Waals surface area (Å²) in [6, 6.07) is 73.6. The van der Waals surface area contributed by atoms with Crippen LogP contribution in [0, 0.1) is 0 Å². The van der Waals surface area contributed by atoms with Crippen LogP contribution >= 0.6 is 11.8 Å². The first-order chi connectivity index (χ1) is 28.8. The number of rotatable bonds is 4. The molecule has 0 N–H and O–H groups in total. The second-order valence-electron chi connectivity index (χ2n) is 15.3. The lowest BCUT2D eigenvalue weighted by Gasteiger charge is -2.23. The third kappa shape index (κ3) is 4.46. The van der Waals surface area contributed by atoms with Crippen LogP contribution in [0.4, 0.5) is 0 Å². The number of fused-ring (bicyclic) bond motifs is 11. The van der Waals surface area contributed by atoms with Crippen molar-refractivity contribution in [3.63, 3.8) is 0 Å². The molecule has 4 heterocycles. The molecule has 0 bridgehead atoms. The van der Waals surface area contributed by atoms with Gasteiger partial charge in [-0.25, -0.2) is 0 Å². The summed E-state index contributed by atoms with van der Waals surface area (Å²) in [6.07, 6.45) is 0. The van der Waals surface area contributed by atoms with Crippen molar-refractivity contribution in [2.45, 2.75) is 9.79 Å². The van der Waals surface area contributed by atoms with E-state index >= 15 is 0 Å². The highest BCUT2D eigenvalue weighted by Crippen LogP contribution is 2.49. The van der Waals surface area contributed by atoms with Gasteiger partial charge in [0.2, 0.25) is 0 Å². The molecular weight excluding hydrogens is 723 g/mol. The lowest BCUT2D eigenvalue weighted by molar-refractivity contribution is 1.09. The Morgan fingerprint density at radius 1 is 0.293 bits per heavy atom. The third-order valence-corrected chi connectivity index (χ3v) is 13.3. The molecule has 4 heteroatoms. The highest BCUT2D eigenvalue weighted by molar-refractivity contribution is 7.99. The second-order valence-corrected chi connectivity index (χ2v) is 16.4. The molecule has 270 valence electrons. The average molecular weight is 756 g/mol. The monoisotopic (exact) mass is 755 g/mol. The van der Waals surface area contributed by atoms with E-state index in [4.69, 9.17) is 0 Å². The first-order valence-corrected chi connectivity index (χ1v) is 20.7. The molecule has 1 aliphatic heterocycles. The van der Waals surface area contributed by atoms with E-state index in [-0.39, 0.29) is 0 Å². The van der Waals surface area contributed by atoms with Crippen LogP contribution < -0.4 is 0 Å². The van der Waals surface area contributed by atoms with Gasteiger partial charge in [-0.3, -0.25) is 0 Å². The van der Waals surface area contributed by atoms with Gasteiger partial charge in [-0.1, -0.05) is 133 Å². The predicted molar refractivity (Wildman–Crippen MR) is 244 cm³/mol. The summed E-state index contributed by atoms with van der Waals surface area (Å²) in [5.74, 6) is 0. The Bertz CT molecular complexity index is 3640. The van der Waals surface area contributed by atoms with Gasteiger partial charge in [-0.05, 0) is 95.6 Å². The van der Waals surface area contributed by atoms with E-state index in [0.29, 0.717) is 0 Å². The van der Waals surface area contributed by atoms with Crippen LogP contribution in [0.5, 0.6) is 0 Å². The Kier molecular flexibility index (Phi) is 6.66. The molecule has 3 nitrogen and oxygen atoms in total. The predicted octanol–water partition coefficient (Wildman–Crippen LogP) is 14.8. The van der Waals surface area contributed by atoms with Crippen molar-refractivity contribution in [1.29, 1.82) is 0 Å². The van der Waals surface area contributed by atoms with Crippen LogP contribution in [0.15, 0.2) is 210 Å². The van der Waals surface area contributed by atoms with E-state index in [1.807, 2.05) is 11.8 Å². The van der Waals surface area contributed by atoms with Crippen molar-refractivity contribution in [2.75, 3.05) is 0 Å². The molecule has 0 atom stereocenters. The van der Waals surface area contributed by atoms with Crippen LogP contribution in [-0.2, 0) is 0 Å². The number of hydrogen-bond donors (Lipinski definition) is 0. The molecule has 3 aromatic heterocycles. The van der Waals surface area contributed by atoms with Crippen LogP contribution in [0.25, 0.3) is 105 Å². The van der Waals surface area contributed by atoms with Crippen molar-refractivity contribution in [1.82, 2.24) is 13.7 Å². The van der Waals surface area contributed by atoms with Gasteiger partial charge in [0.15, 0.2) is 0 Å². The van der Waals surface area contributed by atoms with Gasteiger partial charge >= 0.3 is 0 Å². The molecule has 0 spiro atoms. The minimum absolute atomic E-state index is 1.15. The van der Waals surface area contributed by atoms with Gasteiger partial charge in [0.25, 0.3) is 0 Å². The maximum absolute atomic E-state index is 2.50. The zero-order valence-corrected chi connectivity index (χ0v) is 32.1. The summed E-state index contributed by atoms with van der Waals surface area (Å²) in [7, 11) is 0. The Hall–Kier alpha value is -7.27. The zero-order chi connectivity index (χ0) is 37.9. The molecule has 12 aromatic rings. The lowest BCUT2D eigenvalue weighted by atomic mass is 10.0. The minimum atomic E-state index is 1.15. The van der Waals surface area contributed by atoms with Crippen molar-refractivity contribution in [3.05, 3.63) is 200 Å². The van der Waals surface area contributed by atoms with Crippen molar-refractivity contribution in [3.8, 4) is 39.3 Å². The lowest BCUT2D eigenvalue weighted by Crippen LogP contribution is -2.04. The van der Waals surface area contributed by atoms with Gasteiger partial charge in [0.1, 0.15) is 0 Å². The molecule has 1 aliphatic rings. The van der Waals surface area contributed by atoms with Gasteiger partial charge in [0.05, 0.1) is 38.8 Å². The van der Waals surface area contributed by atoms with Crippen LogP contribution in [-0.4, -0.2) is 13.7 Å². The maximum atomic E-state index is 2.50. The standard InChI is InChI=1S/C54H33N3S/c1-2-12-37(13-3-1)55-46-19-7-5-15-41(46)44-32-35(26-30-49(44)55)36-27-31-50-45(33-36)42-16-6-8-20-47(42)56(50)38-28-24-34(25-29-38)39-17-10-22-51-53(39)57-48-21-9-4-14-40(48)43-18-11-23-52(58-51)54(43)57/h1-33H. The Labute approximate surface area is 338 Å². The average Bonchev–Trinajstić information content (AvgIpc) is 3.93. The van der Waals surface area contributed by atoms with E-state index in [1.165, 1.54) is 109 Å². The van der Waals surface area contributed by atoms with Gasteiger partial charge in [-0.15, -0.1) is 0 Å². The molecule has 58 heavy (non-hydrogen) atoms. The summed E-state index contributed by atoms with van der Waals surface area (Å²) < 4.78 is 7.30. The fourth-order valence-electron chi connectivity index (χ4n) is 9.72. The van der Waals surface area contributed by atoms with Crippen LogP contribution in [0.1, 0.15) is 0 Å². The molecule has 0 radical (unpaired) electrons. The first kappa shape index (κ1) is 31.9. The van der Waals surface area contributed by atoms with E-state index in [1.54, 1.807) is 0 Å². The van der Waals surface area contributed by atoms with Crippen LogP contribution in [0.2, 0.25) is 0 Å². The molecule has 0 saturated heterocycles. The van der Waals surface area contributed by atoms with E-state index < -0.39 is 0 Å². The Morgan fingerprint density at radius 2 is 0.759 bits per heavy atom. The summed E-state index contributed by atoms with van der Waals surface area (Å²) in [5.41, 5.74) is 15.8. The third-order valence-electron chi connectivity index (χ3n) is 12.2. The molecule has 0 aliphatic carbocycles. The second kappa shape index (κ2) is 12.1. The van der Waals surface area contributed by atoms with Crippen LogP contribution in [0.3, 0.4) is 0 Å². The largest absolute Gasteiger partial charge is 0.309 e. The summed E-state index contributed by atoms with van der Waals surface area (Å²) >= 11 is 1.88. The normalized spacial score (nSPS) is 12.4. The summed E-state index contributed by atoms with van der Waals surface area (Å²) in [4.78, 5) is 2.58. The Morgan fingerprint density at radius 3 is 1.40 bits per heavy atom. The number of para-hydroxylation sites is 6. The summed E-state index contributed by atoms with van der Waals surface area (Å²) in [6.45, 7) is 0. The fourth-order valence-corrected chi connectivity index (χ4v) is 10.8. The molecule has 0 fully saturated rings. The highest BCUT2D eigenvalue weighted by Gasteiger charge is 2.25. The number of nitrogens with zero attached hydrogens (tertiary/aromatic N) is 3. The van der Waals surface area contributed by atoms with Crippen molar-refractivity contribution in [2.24, 2.45) is 0 Å². The molecule has 0 unspecified atom stereocenters.